The summed E-state index contributed by atoms with van der Waals surface area (Å²) in [6, 6.07) is 20.8. The van der Waals surface area contributed by atoms with E-state index in [2.05, 4.69) is 10.6 Å². The molecule has 1 fully saturated rings. The fourth-order valence-electron chi connectivity index (χ4n) is 2.83. The molecule has 0 aromatic heterocycles. The Balaban J connectivity index is 1.29. The highest BCUT2D eigenvalue weighted by molar-refractivity contribution is 5.95. The molecule has 5 heteroatoms. The molecule has 0 atom stereocenters. The third-order valence-electron chi connectivity index (χ3n) is 4.48. The van der Waals surface area contributed by atoms with Gasteiger partial charge in [0.05, 0.1) is 0 Å². The van der Waals surface area contributed by atoms with Gasteiger partial charge in [0.25, 0.3) is 5.91 Å². The lowest BCUT2D eigenvalue weighted by molar-refractivity contribution is -0.118. The van der Waals surface area contributed by atoms with E-state index in [4.69, 9.17) is 4.74 Å². The number of carbonyl (C=O) groups excluding carboxylic acids is 2. The molecule has 0 radical (unpaired) electrons. The van der Waals surface area contributed by atoms with Gasteiger partial charge < -0.3 is 15.4 Å². The van der Waals surface area contributed by atoms with Crippen molar-refractivity contribution in [3.63, 3.8) is 0 Å². The number of nitrogens with one attached hydrogen (secondary N) is 2. The van der Waals surface area contributed by atoms with Crippen LogP contribution < -0.4 is 15.4 Å². The zero-order valence-electron chi connectivity index (χ0n) is 14.8. The van der Waals surface area contributed by atoms with Gasteiger partial charge in [-0.1, -0.05) is 30.3 Å². The predicted octanol–water partition coefficient (Wildman–Crippen LogP) is 4.21. The monoisotopic (exact) mass is 360 g/mol. The van der Waals surface area contributed by atoms with E-state index in [0.717, 1.165) is 29.3 Å². The summed E-state index contributed by atoms with van der Waals surface area (Å²) in [7, 11) is 0. The number of anilines is 2. The lowest BCUT2D eigenvalue weighted by atomic mass is 10.1. The summed E-state index contributed by atoms with van der Waals surface area (Å²) in [5, 5.41) is 7.85. The number of benzene rings is 3. The average Bonchev–Trinajstić information content (AvgIpc) is 3.53. The third kappa shape index (κ3) is 4.44. The lowest BCUT2D eigenvalue weighted by Gasteiger charge is -2.09. The van der Waals surface area contributed by atoms with E-state index in [1.165, 1.54) is 0 Å². The van der Waals surface area contributed by atoms with Crippen LogP contribution in [-0.2, 0) is 9.59 Å². The minimum Gasteiger partial charge on any atom is -0.484 e. The zero-order chi connectivity index (χ0) is 18.6. The number of hydrogen-bond acceptors (Lipinski definition) is 3. The van der Waals surface area contributed by atoms with Gasteiger partial charge in [-0.3, -0.25) is 9.59 Å². The molecule has 0 aliphatic heterocycles. The SMILES string of the molecule is O=C(COc1ccc2ccccc2c1)Nc1ccc(NC(=O)C2CC2)cc1. The van der Waals surface area contributed by atoms with Crippen LogP contribution in [-0.4, -0.2) is 18.4 Å². The van der Waals surface area contributed by atoms with Gasteiger partial charge in [-0.2, -0.15) is 0 Å². The summed E-state index contributed by atoms with van der Waals surface area (Å²) in [6.45, 7) is -0.0709. The Kier molecular flexibility index (Phi) is 4.75. The smallest absolute Gasteiger partial charge is 0.262 e. The summed E-state index contributed by atoms with van der Waals surface area (Å²) in [6.07, 6.45) is 1.94. The highest BCUT2D eigenvalue weighted by Gasteiger charge is 2.29. The van der Waals surface area contributed by atoms with E-state index in [9.17, 15) is 9.59 Å². The van der Waals surface area contributed by atoms with Gasteiger partial charge in [-0.15, -0.1) is 0 Å². The molecule has 2 N–H and O–H groups in total. The van der Waals surface area contributed by atoms with Crippen molar-refractivity contribution in [1.82, 2.24) is 0 Å². The van der Waals surface area contributed by atoms with Crippen LogP contribution >= 0.6 is 0 Å². The Hall–Kier alpha value is -3.34. The normalized spacial score (nSPS) is 13.2. The molecule has 27 heavy (non-hydrogen) atoms. The lowest BCUT2D eigenvalue weighted by Crippen LogP contribution is -2.20. The Bertz CT molecular complexity index is 978. The number of hydrogen-bond donors (Lipinski definition) is 2. The molecule has 1 aliphatic rings. The molecule has 0 saturated heterocycles. The quantitative estimate of drug-likeness (QED) is 0.692. The fourth-order valence-corrected chi connectivity index (χ4v) is 2.83. The van der Waals surface area contributed by atoms with Crippen LogP contribution in [0.1, 0.15) is 12.8 Å². The second-order valence-electron chi connectivity index (χ2n) is 6.69. The van der Waals surface area contributed by atoms with E-state index in [1.807, 2.05) is 42.5 Å². The number of fused-ring (bicyclic) bond motifs is 1. The van der Waals surface area contributed by atoms with Gasteiger partial charge in [0.1, 0.15) is 5.75 Å². The van der Waals surface area contributed by atoms with Crippen LogP contribution in [0.15, 0.2) is 66.7 Å². The van der Waals surface area contributed by atoms with Gasteiger partial charge in [0, 0.05) is 17.3 Å². The molecular formula is C22H20N2O3. The molecule has 0 spiro atoms. The van der Waals surface area contributed by atoms with Crippen LogP contribution in [0.5, 0.6) is 5.75 Å². The first kappa shape index (κ1) is 17.1. The van der Waals surface area contributed by atoms with Crippen molar-refractivity contribution in [2.24, 2.45) is 5.92 Å². The Morgan fingerprint density at radius 2 is 1.52 bits per heavy atom. The summed E-state index contributed by atoms with van der Waals surface area (Å²) in [5.41, 5.74) is 1.39. The molecule has 0 unspecified atom stereocenters. The predicted molar refractivity (Wildman–Crippen MR) is 106 cm³/mol. The van der Waals surface area contributed by atoms with Gasteiger partial charge in [-0.25, -0.2) is 0 Å². The van der Waals surface area contributed by atoms with Crippen molar-refractivity contribution in [1.29, 1.82) is 0 Å². The Morgan fingerprint density at radius 3 is 2.22 bits per heavy atom. The maximum atomic E-state index is 12.1. The first-order valence-electron chi connectivity index (χ1n) is 9.00. The second-order valence-corrected chi connectivity index (χ2v) is 6.69. The molecule has 4 rings (SSSR count). The minimum atomic E-state index is -0.238. The van der Waals surface area contributed by atoms with E-state index >= 15 is 0 Å². The second kappa shape index (κ2) is 7.50. The Labute approximate surface area is 157 Å². The van der Waals surface area contributed by atoms with E-state index < -0.39 is 0 Å². The summed E-state index contributed by atoms with van der Waals surface area (Å²) < 4.78 is 5.59. The summed E-state index contributed by atoms with van der Waals surface area (Å²) in [5.74, 6) is 0.645. The van der Waals surface area contributed by atoms with E-state index in [1.54, 1.807) is 24.3 Å². The number of amides is 2. The molecule has 1 saturated carbocycles. The summed E-state index contributed by atoms with van der Waals surface area (Å²) in [4.78, 5) is 23.8. The van der Waals surface area contributed by atoms with Crippen LogP contribution in [0.2, 0.25) is 0 Å². The zero-order valence-corrected chi connectivity index (χ0v) is 14.8. The van der Waals surface area contributed by atoms with Crippen molar-refractivity contribution < 1.29 is 14.3 Å². The van der Waals surface area contributed by atoms with Crippen molar-refractivity contribution in [3.8, 4) is 5.75 Å². The van der Waals surface area contributed by atoms with E-state index in [0.29, 0.717) is 11.4 Å². The molecule has 2 amide bonds. The fraction of sp³-hybridized carbons (Fsp3) is 0.182. The van der Waals surface area contributed by atoms with Crippen molar-refractivity contribution in [3.05, 3.63) is 66.7 Å². The largest absolute Gasteiger partial charge is 0.484 e. The molecule has 3 aromatic rings. The number of carbonyl (C=O) groups is 2. The maximum absolute atomic E-state index is 12.1. The molecule has 3 aromatic carbocycles. The van der Waals surface area contributed by atoms with Crippen molar-refractivity contribution in [2.45, 2.75) is 12.8 Å². The molecule has 1 aliphatic carbocycles. The summed E-state index contributed by atoms with van der Waals surface area (Å²) >= 11 is 0. The number of ether oxygens (including phenoxy) is 1. The van der Waals surface area contributed by atoms with Crippen LogP contribution in [0, 0.1) is 5.92 Å². The van der Waals surface area contributed by atoms with Crippen molar-refractivity contribution >= 4 is 34.0 Å². The van der Waals surface area contributed by atoms with Crippen LogP contribution in [0.25, 0.3) is 10.8 Å². The van der Waals surface area contributed by atoms with Crippen LogP contribution in [0.4, 0.5) is 11.4 Å². The molecule has 0 bridgehead atoms. The highest BCUT2D eigenvalue weighted by atomic mass is 16.5. The van der Waals surface area contributed by atoms with E-state index in [-0.39, 0.29) is 24.3 Å². The first-order valence-corrected chi connectivity index (χ1v) is 9.00. The maximum Gasteiger partial charge on any atom is 0.262 e. The first-order chi connectivity index (χ1) is 13.2. The van der Waals surface area contributed by atoms with Gasteiger partial charge in [0.2, 0.25) is 5.91 Å². The Morgan fingerprint density at radius 1 is 0.852 bits per heavy atom. The standard InChI is InChI=1S/C22H20N2O3/c25-21(14-27-20-12-7-15-3-1-2-4-17(15)13-20)23-18-8-10-19(11-9-18)24-22(26)16-5-6-16/h1-4,7-13,16H,5-6,14H2,(H,23,25)(H,24,26). The van der Waals surface area contributed by atoms with Gasteiger partial charge in [-0.05, 0) is 60.0 Å². The van der Waals surface area contributed by atoms with Crippen LogP contribution in [0.3, 0.4) is 0 Å². The topological polar surface area (TPSA) is 67.4 Å². The molecule has 0 heterocycles. The minimum absolute atomic E-state index is 0.0653. The molecule has 5 nitrogen and oxygen atoms in total. The molecular weight excluding hydrogens is 340 g/mol. The van der Waals surface area contributed by atoms with Gasteiger partial charge in [0.15, 0.2) is 6.61 Å². The average molecular weight is 360 g/mol. The number of rotatable bonds is 6. The molecule has 136 valence electrons. The van der Waals surface area contributed by atoms with Gasteiger partial charge >= 0.3 is 0 Å². The third-order valence-corrected chi connectivity index (χ3v) is 4.48. The highest BCUT2D eigenvalue weighted by Crippen LogP contribution is 2.30. The van der Waals surface area contributed by atoms with Crippen molar-refractivity contribution in [2.75, 3.05) is 17.2 Å².